The summed E-state index contributed by atoms with van der Waals surface area (Å²) in [6.45, 7) is 8.51. The van der Waals surface area contributed by atoms with E-state index < -0.39 is 0 Å². The summed E-state index contributed by atoms with van der Waals surface area (Å²) in [4.78, 5) is 11.5. The van der Waals surface area contributed by atoms with E-state index in [0.29, 0.717) is 6.04 Å². The molecule has 0 spiro atoms. The average molecular weight is 483 g/mol. The fraction of sp³-hybridized carbons (Fsp3) is 0.706. The van der Waals surface area contributed by atoms with Gasteiger partial charge in [0.2, 0.25) is 0 Å². The Kier molecular flexibility index (Phi) is 9.55. The largest absolute Gasteiger partial charge is 0.355 e. The Hall–Kier alpha value is -0.510. The Morgan fingerprint density at radius 1 is 1.32 bits per heavy atom. The van der Waals surface area contributed by atoms with Gasteiger partial charge in [0.05, 0.1) is 11.6 Å². The van der Waals surface area contributed by atoms with E-state index in [0.717, 1.165) is 55.9 Å². The quantitative estimate of drug-likeness (QED) is 0.396. The predicted octanol–water partition coefficient (Wildman–Crippen LogP) is 1.94. The number of guanidine groups is 1. The summed E-state index contributed by atoms with van der Waals surface area (Å²) in [7, 11) is 8.08. The smallest absolute Gasteiger partial charge is 0.193 e. The van der Waals surface area contributed by atoms with Crippen molar-refractivity contribution >= 4 is 41.5 Å². The van der Waals surface area contributed by atoms with Gasteiger partial charge in [-0.25, -0.2) is 0 Å². The van der Waals surface area contributed by atoms with Crippen molar-refractivity contribution in [2.75, 3.05) is 53.9 Å². The Bertz CT molecular complexity index is 553. The lowest BCUT2D eigenvalue weighted by Gasteiger charge is -2.37. The third kappa shape index (κ3) is 6.62. The molecule has 0 bridgehead atoms. The van der Waals surface area contributed by atoms with Crippen molar-refractivity contribution in [3.8, 4) is 0 Å². The van der Waals surface area contributed by atoms with Gasteiger partial charge in [0.25, 0.3) is 0 Å². The van der Waals surface area contributed by atoms with Gasteiger partial charge < -0.3 is 19.7 Å². The molecule has 0 aliphatic carbocycles. The number of aliphatic imine (C=N–C) groups is 1. The molecule has 1 atom stereocenters. The number of hydrogen-bond donors (Lipinski definition) is 1. The Balaban J connectivity index is 0.00000312. The molecule has 1 aromatic rings. The molecule has 1 unspecified atom stereocenters. The van der Waals surface area contributed by atoms with Crippen molar-refractivity contribution in [2.24, 2.45) is 12.0 Å². The van der Waals surface area contributed by atoms with Crippen molar-refractivity contribution in [1.82, 2.24) is 24.6 Å². The monoisotopic (exact) mass is 482 g/mol. The maximum absolute atomic E-state index is 6.07. The molecule has 0 saturated carbocycles. The number of hydrogen-bond acceptors (Lipinski definition) is 3. The van der Waals surface area contributed by atoms with Crippen molar-refractivity contribution in [3.05, 3.63) is 23.0 Å². The zero-order valence-electron chi connectivity index (χ0n) is 16.0. The first-order valence-electron chi connectivity index (χ1n) is 8.55. The van der Waals surface area contributed by atoms with Crippen LogP contribution >= 0.6 is 35.6 Å². The van der Waals surface area contributed by atoms with Gasteiger partial charge in [-0.3, -0.25) is 9.89 Å². The van der Waals surface area contributed by atoms with Gasteiger partial charge in [-0.05, 0) is 20.0 Å². The highest BCUT2D eigenvalue weighted by molar-refractivity contribution is 14.0. The van der Waals surface area contributed by atoms with Crippen LogP contribution in [0.1, 0.15) is 12.6 Å². The molecule has 8 heteroatoms. The van der Waals surface area contributed by atoms with Crippen LogP contribution in [-0.4, -0.2) is 85.1 Å². The minimum Gasteiger partial charge on any atom is -0.355 e. The maximum atomic E-state index is 6.07. The topological polar surface area (TPSA) is 39.0 Å². The lowest BCUT2D eigenvalue weighted by Crippen LogP contribution is -2.52. The van der Waals surface area contributed by atoms with Gasteiger partial charge in [0.1, 0.15) is 0 Å². The molecular weight excluding hydrogens is 451 g/mol. The highest BCUT2D eigenvalue weighted by Crippen LogP contribution is 2.14. The van der Waals surface area contributed by atoms with E-state index in [4.69, 9.17) is 11.6 Å². The highest BCUT2D eigenvalue weighted by Gasteiger charge is 2.19. The van der Waals surface area contributed by atoms with Crippen LogP contribution < -0.4 is 5.32 Å². The molecule has 25 heavy (non-hydrogen) atoms. The molecule has 0 amide bonds. The lowest BCUT2D eigenvalue weighted by atomic mass is 10.2. The van der Waals surface area contributed by atoms with Gasteiger partial charge >= 0.3 is 0 Å². The number of likely N-dealkylation sites (N-methyl/N-ethyl adjacent to an activating group) is 1. The first kappa shape index (κ1) is 22.5. The van der Waals surface area contributed by atoms with Gasteiger partial charge in [0, 0.05) is 71.8 Å². The molecule has 6 nitrogen and oxygen atoms in total. The molecular formula is C17H32ClIN6. The second kappa shape index (κ2) is 10.6. The van der Waals surface area contributed by atoms with E-state index in [-0.39, 0.29) is 24.0 Å². The lowest BCUT2D eigenvalue weighted by molar-refractivity contribution is 0.119. The standard InChI is InChI=1S/C17H31ClN6.HI/c1-14(24-8-6-21(3)7-9-24)11-20-17(19-2)23(5)13-16-10-15(18)12-22(16)4;/h10,12,14H,6-9,11,13H2,1-5H3,(H,19,20);1H. The molecule has 2 heterocycles. The number of nitrogens with one attached hydrogen (secondary N) is 1. The number of rotatable bonds is 5. The van der Waals surface area contributed by atoms with Crippen LogP contribution in [0.25, 0.3) is 0 Å². The van der Waals surface area contributed by atoms with Crippen molar-refractivity contribution in [1.29, 1.82) is 0 Å². The first-order chi connectivity index (χ1) is 11.4. The fourth-order valence-electron chi connectivity index (χ4n) is 3.06. The number of aromatic nitrogens is 1. The summed E-state index contributed by atoms with van der Waals surface area (Å²) < 4.78 is 2.05. The third-order valence-corrected chi connectivity index (χ3v) is 4.97. The zero-order valence-corrected chi connectivity index (χ0v) is 19.1. The van der Waals surface area contributed by atoms with E-state index in [1.807, 2.05) is 26.4 Å². The molecule has 0 aromatic carbocycles. The number of aryl methyl sites for hydroxylation is 1. The summed E-state index contributed by atoms with van der Waals surface area (Å²) in [5.41, 5.74) is 1.16. The predicted molar refractivity (Wildman–Crippen MR) is 117 cm³/mol. The molecule has 1 fully saturated rings. The summed E-state index contributed by atoms with van der Waals surface area (Å²) in [6, 6.07) is 2.49. The minimum atomic E-state index is 0. The van der Waals surface area contributed by atoms with E-state index in [9.17, 15) is 0 Å². The molecule has 1 saturated heterocycles. The fourth-order valence-corrected chi connectivity index (χ4v) is 3.33. The van der Waals surface area contributed by atoms with Gasteiger partial charge in [-0.15, -0.1) is 24.0 Å². The number of nitrogens with zero attached hydrogens (tertiary/aromatic N) is 5. The van der Waals surface area contributed by atoms with Crippen LogP contribution in [0.2, 0.25) is 5.02 Å². The van der Waals surface area contributed by atoms with E-state index in [1.165, 1.54) is 0 Å². The summed E-state index contributed by atoms with van der Waals surface area (Å²) >= 11 is 6.07. The van der Waals surface area contributed by atoms with Crippen LogP contribution in [0.3, 0.4) is 0 Å². The summed E-state index contributed by atoms with van der Waals surface area (Å²) in [6.07, 6.45) is 1.93. The summed E-state index contributed by atoms with van der Waals surface area (Å²) in [5, 5.41) is 4.27. The maximum Gasteiger partial charge on any atom is 0.193 e. The summed E-state index contributed by atoms with van der Waals surface area (Å²) in [5.74, 6) is 0.910. The second-order valence-corrected chi connectivity index (χ2v) is 7.17. The van der Waals surface area contributed by atoms with Crippen LogP contribution in [0.15, 0.2) is 17.3 Å². The number of piperazine rings is 1. The Labute approximate surface area is 174 Å². The highest BCUT2D eigenvalue weighted by atomic mass is 127. The molecule has 144 valence electrons. The van der Waals surface area contributed by atoms with E-state index >= 15 is 0 Å². The molecule has 0 radical (unpaired) electrons. The van der Waals surface area contributed by atoms with E-state index in [1.54, 1.807) is 0 Å². The second-order valence-electron chi connectivity index (χ2n) is 6.73. The molecule has 1 aliphatic heterocycles. The molecule has 2 rings (SSSR count). The molecule has 1 N–H and O–H groups in total. The third-order valence-electron chi connectivity index (χ3n) is 4.76. The van der Waals surface area contributed by atoms with Gasteiger partial charge in [0.15, 0.2) is 5.96 Å². The molecule has 1 aliphatic rings. The van der Waals surface area contributed by atoms with E-state index in [2.05, 4.69) is 50.6 Å². The van der Waals surface area contributed by atoms with Gasteiger partial charge in [-0.2, -0.15) is 0 Å². The minimum absolute atomic E-state index is 0. The zero-order chi connectivity index (χ0) is 17.7. The average Bonchev–Trinajstić information content (AvgIpc) is 2.85. The first-order valence-corrected chi connectivity index (χ1v) is 8.93. The Morgan fingerprint density at radius 2 is 1.96 bits per heavy atom. The van der Waals surface area contributed by atoms with Crippen molar-refractivity contribution in [2.45, 2.75) is 19.5 Å². The van der Waals surface area contributed by atoms with Crippen LogP contribution in [0.5, 0.6) is 0 Å². The number of halogens is 2. The van der Waals surface area contributed by atoms with Crippen molar-refractivity contribution in [3.63, 3.8) is 0 Å². The van der Waals surface area contributed by atoms with Gasteiger partial charge in [-0.1, -0.05) is 11.6 Å². The normalized spacial score (nSPS) is 17.9. The SMILES string of the molecule is CN=C(NCC(C)N1CCN(C)CC1)N(C)Cc1cc(Cl)cn1C.I. The van der Waals surface area contributed by atoms with Crippen LogP contribution in [0.4, 0.5) is 0 Å². The molecule has 1 aromatic heterocycles. The Morgan fingerprint density at radius 3 is 2.48 bits per heavy atom. The van der Waals surface area contributed by atoms with Crippen LogP contribution in [0, 0.1) is 0 Å². The van der Waals surface area contributed by atoms with Crippen molar-refractivity contribution < 1.29 is 0 Å². The van der Waals surface area contributed by atoms with Crippen LogP contribution in [-0.2, 0) is 13.6 Å².